The van der Waals surface area contributed by atoms with Crippen molar-refractivity contribution in [2.45, 2.75) is 0 Å². The van der Waals surface area contributed by atoms with Gasteiger partial charge in [-0.15, -0.1) is 22.7 Å². The summed E-state index contributed by atoms with van der Waals surface area (Å²) in [5, 5.41) is 17.7. The molecular formula is C88H51ClN6O2S2. The summed E-state index contributed by atoms with van der Waals surface area (Å²) in [5.74, 6) is 0.626. The van der Waals surface area contributed by atoms with Crippen LogP contribution in [0.2, 0.25) is 5.28 Å². The van der Waals surface area contributed by atoms with Gasteiger partial charge in [0.2, 0.25) is 11.2 Å². The molecule has 11 heteroatoms. The molecular weight excluding hydrogens is 1270 g/mol. The molecule has 8 heterocycles. The van der Waals surface area contributed by atoms with Crippen molar-refractivity contribution in [2.24, 2.45) is 0 Å². The Kier molecular flexibility index (Phi) is 13.2. The third-order valence-corrected chi connectivity index (χ3v) is 21.8. The summed E-state index contributed by atoms with van der Waals surface area (Å²) in [7, 11) is 0. The van der Waals surface area contributed by atoms with Gasteiger partial charge in [0.1, 0.15) is 33.6 Å². The van der Waals surface area contributed by atoms with Gasteiger partial charge in [0.25, 0.3) is 0 Å². The number of nitrogens with zero attached hydrogens (tertiary/aromatic N) is 5. The number of hydrogen-bond donors (Lipinski definition) is 1. The lowest BCUT2D eigenvalue weighted by atomic mass is 9.99. The van der Waals surface area contributed by atoms with Crippen LogP contribution >= 0.6 is 34.3 Å². The van der Waals surface area contributed by atoms with Crippen LogP contribution in [-0.2, 0) is 0 Å². The number of aromatic nitrogens is 6. The van der Waals surface area contributed by atoms with Crippen LogP contribution in [0.1, 0.15) is 0 Å². The van der Waals surface area contributed by atoms with E-state index in [0.717, 1.165) is 72.0 Å². The van der Waals surface area contributed by atoms with Crippen molar-refractivity contribution >= 4 is 184 Å². The fraction of sp³-hybridized carbons (Fsp3) is 0. The topological polar surface area (TPSA) is 98.6 Å². The normalized spacial score (nSPS) is 11.9. The third kappa shape index (κ3) is 9.18. The van der Waals surface area contributed by atoms with Crippen LogP contribution < -0.4 is 0 Å². The van der Waals surface area contributed by atoms with Gasteiger partial charge in [-0.25, -0.2) is 19.9 Å². The van der Waals surface area contributed by atoms with Crippen LogP contribution in [0.25, 0.3) is 200 Å². The van der Waals surface area contributed by atoms with Crippen molar-refractivity contribution in [2.75, 3.05) is 0 Å². The Balaban J connectivity index is 0.000000111. The Morgan fingerprint density at radius 3 is 1.29 bits per heavy atom. The molecule has 0 unspecified atom stereocenters. The first kappa shape index (κ1) is 57.0. The molecule has 0 spiro atoms. The SMILES string of the molecule is Clc1nc(-c2ccc(-c3ccccc3)cc2)c2oc3ccccc3c2n1.c1ccc(-c2ccc(-c3nc(-n4c5ccccc5c5c6ccccc6c6c7ccccc7sc6c54)nc4c3oc3ccccc34)cc2)cc1.c1ccc2c(c1)[nH]c1c3sc4ccccc4c3c3ccccc3c21. The molecule has 464 valence electrons. The summed E-state index contributed by atoms with van der Waals surface area (Å²) in [6.07, 6.45) is 0. The van der Waals surface area contributed by atoms with Crippen LogP contribution in [0.4, 0.5) is 0 Å². The standard InChI is InChI=1S/C44H25N3OS.C22H13ClN2O.C22H13NS/c1-2-12-26(13-3-1)27-22-24-28(25-23-27)39-42-40(32-17-7-10-20-35(32)48-42)46-44(45-39)47-34-19-9-6-16-31(34)37-29-14-4-5-15-30(29)38-33-18-8-11-21-36(33)49-43(38)41(37)47;23-22-24-19(21-20(25-22)17-8-4-5-9-18(17)26-21)16-12-10-15(11-13-16)14-6-2-1-3-7-14;1-2-8-14-13(7-1)19-15-9-3-5-11-17(15)23-21(19)22-20(14)16-10-4-6-12-18(16)24-22/h1-25H;1-13H;1-12,23H. The Morgan fingerprint density at radius 2 is 0.717 bits per heavy atom. The average Bonchev–Trinajstić information content (AvgIpc) is 1.55. The summed E-state index contributed by atoms with van der Waals surface area (Å²) in [4.78, 5) is 23.3. The molecule has 0 aliphatic heterocycles. The molecule has 0 saturated heterocycles. The monoisotopic (exact) mass is 1320 g/mol. The number of para-hydroxylation sites is 4. The largest absolute Gasteiger partial charge is 0.452 e. The predicted molar refractivity (Wildman–Crippen MR) is 416 cm³/mol. The fourth-order valence-corrected chi connectivity index (χ4v) is 17.5. The van der Waals surface area contributed by atoms with E-state index in [-0.39, 0.29) is 5.28 Å². The number of hydrogen-bond acceptors (Lipinski definition) is 8. The quantitative estimate of drug-likeness (QED) is 0.172. The molecule has 0 radical (unpaired) electrons. The molecule has 0 amide bonds. The minimum atomic E-state index is 0.214. The van der Waals surface area contributed by atoms with Gasteiger partial charge >= 0.3 is 0 Å². The summed E-state index contributed by atoms with van der Waals surface area (Å²) in [5.41, 5.74) is 17.2. The maximum absolute atomic E-state index is 6.54. The number of benzene rings is 14. The Labute approximate surface area is 577 Å². The number of nitrogens with one attached hydrogen (secondary N) is 1. The van der Waals surface area contributed by atoms with Gasteiger partial charge in [0, 0.05) is 79.9 Å². The lowest BCUT2D eigenvalue weighted by molar-refractivity contribution is 0.666. The van der Waals surface area contributed by atoms with Crippen LogP contribution in [-0.4, -0.2) is 29.5 Å². The van der Waals surface area contributed by atoms with E-state index >= 15 is 0 Å². The number of furan rings is 2. The lowest BCUT2D eigenvalue weighted by Gasteiger charge is -2.11. The fourth-order valence-electron chi connectivity index (χ4n) is 14.9. The number of halogens is 1. The number of thiophene rings is 2. The average molecular weight is 1320 g/mol. The maximum Gasteiger partial charge on any atom is 0.236 e. The molecule has 22 aromatic rings. The van der Waals surface area contributed by atoms with E-state index in [1.54, 1.807) is 0 Å². The molecule has 1 N–H and O–H groups in total. The summed E-state index contributed by atoms with van der Waals surface area (Å²) in [6, 6.07) is 106. The van der Waals surface area contributed by atoms with Gasteiger partial charge < -0.3 is 13.8 Å². The minimum absolute atomic E-state index is 0.214. The molecule has 0 bridgehead atoms. The van der Waals surface area contributed by atoms with Crippen molar-refractivity contribution in [3.05, 3.63) is 309 Å². The smallest absolute Gasteiger partial charge is 0.236 e. The van der Waals surface area contributed by atoms with Crippen LogP contribution in [0.3, 0.4) is 0 Å². The summed E-state index contributed by atoms with van der Waals surface area (Å²) in [6.45, 7) is 0. The summed E-state index contributed by atoms with van der Waals surface area (Å²) >= 11 is 9.93. The zero-order valence-corrected chi connectivity index (χ0v) is 55.0. The molecule has 0 fully saturated rings. The highest BCUT2D eigenvalue weighted by molar-refractivity contribution is 7.27. The molecule has 22 rings (SSSR count). The number of aromatic amines is 1. The lowest BCUT2D eigenvalue weighted by Crippen LogP contribution is -2.03. The van der Waals surface area contributed by atoms with E-state index in [1.165, 1.54) is 106 Å². The predicted octanol–water partition coefficient (Wildman–Crippen LogP) is 25.5. The molecule has 0 saturated carbocycles. The van der Waals surface area contributed by atoms with Crippen molar-refractivity contribution in [1.82, 2.24) is 29.5 Å². The first-order valence-electron chi connectivity index (χ1n) is 32.9. The van der Waals surface area contributed by atoms with Gasteiger partial charge in [-0.05, 0) is 104 Å². The summed E-state index contributed by atoms with van der Waals surface area (Å²) < 4.78 is 20.1. The molecule has 0 aliphatic carbocycles. The van der Waals surface area contributed by atoms with E-state index in [0.29, 0.717) is 22.8 Å². The first-order valence-corrected chi connectivity index (χ1v) is 34.9. The van der Waals surface area contributed by atoms with Crippen LogP contribution in [0.15, 0.2) is 312 Å². The second-order valence-electron chi connectivity index (χ2n) is 24.8. The van der Waals surface area contributed by atoms with Gasteiger partial charge in [0.15, 0.2) is 11.2 Å². The van der Waals surface area contributed by atoms with E-state index in [4.69, 9.17) is 30.4 Å². The zero-order chi connectivity index (χ0) is 65.2. The zero-order valence-electron chi connectivity index (χ0n) is 52.6. The van der Waals surface area contributed by atoms with Gasteiger partial charge in [-0.2, -0.15) is 0 Å². The first-order chi connectivity index (χ1) is 49.0. The second kappa shape index (κ2) is 22.9. The molecule has 99 heavy (non-hydrogen) atoms. The van der Waals surface area contributed by atoms with Crippen LogP contribution in [0, 0.1) is 0 Å². The van der Waals surface area contributed by atoms with Gasteiger partial charge in [-0.3, -0.25) is 4.57 Å². The third-order valence-electron chi connectivity index (χ3n) is 19.3. The van der Waals surface area contributed by atoms with Crippen molar-refractivity contribution in [3.8, 4) is 50.7 Å². The van der Waals surface area contributed by atoms with E-state index < -0.39 is 0 Å². The molecule has 14 aromatic carbocycles. The van der Waals surface area contributed by atoms with Crippen molar-refractivity contribution < 1.29 is 8.83 Å². The van der Waals surface area contributed by atoms with Crippen LogP contribution in [0.5, 0.6) is 0 Å². The molecule has 0 aliphatic rings. The van der Waals surface area contributed by atoms with E-state index in [2.05, 4.69) is 244 Å². The van der Waals surface area contributed by atoms with Crippen molar-refractivity contribution in [1.29, 1.82) is 0 Å². The van der Waals surface area contributed by atoms with Gasteiger partial charge in [-0.1, -0.05) is 255 Å². The van der Waals surface area contributed by atoms with E-state index in [9.17, 15) is 0 Å². The molecule has 8 aromatic heterocycles. The Hall–Kier alpha value is -12.3. The number of fused-ring (bicyclic) bond motifs is 26. The molecule has 8 nitrogen and oxygen atoms in total. The van der Waals surface area contributed by atoms with E-state index in [1.807, 2.05) is 102 Å². The number of rotatable bonds is 5. The second-order valence-corrected chi connectivity index (χ2v) is 27.3. The Bertz CT molecular complexity index is 6880. The highest BCUT2D eigenvalue weighted by Gasteiger charge is 2.26. The van der Waals surface area contributed by atoms with Gasteiger partial charge in [0.05, 0.1) is 25.9 Å². The highest BCUT2D eigenvalue weighted by atomic mass is 35.5. The maximum atomic E-state index is 6.54. The Morgan fingerprint density at radius 1 is 0.313 bits per heavy atom. The number of H-pyrrole nitrogens is 1. The minimum Gasteiger partial charge on any atom is -0.452 e. The van der Waals surface area contributed by atoms with Crippen molar-refractivity contribution in [3.63, 3.8) is 0 Å². The molecule has 0 atom stereocenters. The highest BCUT2D eigenvalue weighted by Crippen LogP contribution is 2.50.